The van der Waals surface area contributed by atoms with Crippen molar-refractivity contribution in [3.8, 4) is 33.8 Å². The van der Waals surface area contributed by atoms with Crippen LogP contribution in [0.5, 0.6) is 0 Å². The lowest BCUT2D eigenvalue weighted by Crippen LogP contribution is -2.09. The minimum atomic E-state index is -0.598. The van der Waals surface area contributed by atoms with Crippen LogP contribution in [0.1, 0.15) is 36.8 Å². The topological polar surface area (TPSA) is 96.9 Å². The fourth-order valence-corrected chi connectivity index (χ4v) is 4.51. The Hall–Kier alpha value is -4.30. The van der Waals surface area contributed by atoms with Crippen LogP contribution in [-0.4, -0.2) is 24.8 Å². The number of hydrogen-bond donors (Lipinski definition) is 2. The Kier molecular flexibility index (Phi) is 7.09. The van der Waals surface area contributed by atoms with Crippen molar-refractivity contribution in [2.75, 3.05) is 0 Å². The second-order valence-electron chi connectivity index (χ2n) is 8.86. The van der Waals surface area contributed by atoms with Crippen LogP contribution in [0.25, 0.3) is 33.8 Å². The minimum absolute atomic E-state index is 0.173. The summed E-state index contributed by atoms with van der Waals surface area (Å²) in [4.78, 5) is 18.9. The zero-order valence-corrected chi connectivity index (χ0v) is 20.4. The molecule has 188 valence electrons. The lowest BCUT2D eigenvalue weighted by atomic mass is 9.98. The zero-order valence-electron chi connectivity index (χ0n) is 20.4. The van der Waals surface area contributed by atoms with Gasteiger partial charge in [-0.2, -0.15) is 0 Å². The highest BCUT2D eigenvalue weighted by Gasteiger charge is 2.18. The van der Waals surface area contributed by atoms with Crippen LogP contribution in [0.3, 0.4) is 0 Å². The maximum absolute atomic E-state index is 13.5. The molecule has 7 nitrogen and oxygen atoms in total. The molecule has 0 bridgehead atoms. The number of aromatic amines is 1. The monoisotopic (exact) mass is 498 g/mol. The summed E-state index contributed by atoms with van der Waals surface area (Å²) < 4.78 is 20.3. The maximum Gasteiger partial charge on any atom is 0.439 e. The normalized spacial score (nSPS) is 11.2. The van der Waals surface area contributed by atoms with Crippen LogP contribution in [0.15, 0.2) is 82.1 Å². The Morgan fingerprint density at radius 3 is 2.32 bits per heavy atom. The van der Waals surface area contributed by atoms with Crippen LogP contribution in [-0.2, 0) is 19.6 Å². The number of rotatable bonds is 9. The van der Waals surface area contributed by atoms with Crippen LogP contribution in [0, 0.1) is 5.82 Å². The number of aryl methyl sites for hydroxylation is 1. The first-order valence-electron chi connectivity index (χ1n) is 12.3. The number of hydrogen-bond acceptors (Lipinski definition) is 5. The predicted molar refractivity (Wildman–Crippen MR) is 139 cm³/mol. The maximum atomic E-state index is 13.5. The summed E-state index contributed by atoms with van der Waals surface area (Å²) in [5.41, 5.74) is 5.87. The van der Waals surface area contributed by atoms with Gasteiger partial charge in [-0.1, -0.05) is 67.0 Å². The molecular weight excluding hydrogens is 471 g/mol. The van der Waals surface area contributed by atoms with Gasteiger partial charge in [0.1, 0.15) is 11.6 Å². The molecule has 37 heavy (non-hydrogen) atoms. The van der Waals surface area contributed by atoms with Crippen LogP contribution < -0.4 is 5.76 Å². The van der Waals surface area contributed by atoms with Gasteiger partial charge < -0.3 is 9.67 Å². The largest absolute Gasteiger partial charge is 0.439 e. The first kappa shape index (κ1) is 24.4. The molecule has 2 heterocycles. The fourth-order valence-electron chi connectivity index (χ4n) is 4.51. The molecule has 5 aromatic rings. The van der Waals surface area contributed by atoms with E-state index in [4.69, 9.17) is 4.98 Å². The molecule has 0 spiro atoms. The molecule has 0 saturated carbocycles. The van der Waals surface area contributed by atoms with E-state index >= 15 is 0 Å². The molecule has 0 amide bonds. The second kappa shape index (κ2) is 10.8. The molecule has 8 heteroatoms. The van der Waals surface area contributed by atoms with Gasteiger partial charge in [0.25, 0.3) is 0 Å². The molecule has 0 saturated heterocycles. The lowest BCUT2D eigenvalue weighted by Gasteiger charge is -2.13. The van der Waals surface area contributed by atoms with E-state index in [9.17, 15) is 14.3 Å². The molecule has 0 aliphatic rings. The molecule has 2 aromatic heterocycles. The molecule has 0 radical (unpaired) electrons. The molecule has 3 aromatic carbocycles. The van der Waals surface area contributed by atoms with E-state index < -0.39 is 5.76 Å². The predicted octanol–water partition coefficient (Wildman–Crippen LogP) is 5.58. The van der Waals surface area contributed by atoms with Crippen molar-refractivity contribution >= 4 is 0 Å². The molecule has 0 aliphatic carbocycles. The number of nitrogens with one attached hydrogen (secondary N) is 1. The minimum Gasteiger partial charge on any atom is -0.390 e. The Morgan fingerprint density at radius 2 is 1.68 bits per heavy atom. The Morgan fingerprint density at radius 1 is 0.973 bits per heavy atom. The van der Waals surface area contributed by atoms with Crippen molar-refractivity contribution in [2.45, 2.75) is 39.3 Å². The van der Waals surface area contributed by atoms with Crippen molar-refractivity contribution in [3.63, 3.8) is 0 Å². The summed E-state index contributed by atoms with van der Waals surface area (Å²) in [6, 6.07) is 22.0. The van der Waals surface area contributed by atoms with Gasteiger partial charge in [0.2, 0.25) is 0 Å². The van der Waals surface area contributed by atoms with E-state index in [2.05, 4.69) is 26.2 Å². The van der Waals surface area contributed by atoms with Gasteiger partial charge in [-0.15, -0.1) is 0 Å². The summed E-state index contributed by atoms with van der Waals surface area (Å²) in [6.45, 7) is 2.50. The first-order chi connectivity index (χ1) is 18.1. The molecule has 0 atom stereocenters. The lowest BCUT2D eigenvalue weighted by molar-refractivity contribution is 0.271. The number of imidazole rings is 1. The number of aromatic nitrogens is 4. The SMILES string of the molecule is CCCCc1nc(-c2ccc(F)cc2)c(CO)n1Cc1ccc(-c2ccccc2-c2noc(=O)[nH]2)cc1. The highest BCUT2D eigenvalue weighted by molar-refractivity contribution is 5.80. The number of aliphatic hydroxyl groups is 1. The Labute approximate surface area is 213 Å². The summed E-state index contributed by atoms with van der Waals surface area (Å²) in [6.07, 6.45) is 2.79. The third-order valence-corrected chi connectivity index (χ3v) is 6.40. The second-order valence-corrected chi connectivity index (χ2v) is 8.86. The van der Waals surface area contributed by atoms with Crippen molar-refractivity contribution in [2.24, 2.45) is 0 Å². The van der Waals surface area contributed by atoms with E-state index in [0.29, 0.717) is 23.8 Å². The van der Waals surface area contributed by atoms with Gasteiger partial charge in [-0.05, 0) is 47.4 Å². The summed E-state index contributed by atoms with van der Waals surface area (Å²) >= 11 is 0. The number of nitrogens with zero attached hydrogens (tertiary/aromatic N) is 3. The highest BCUT2D eigenvalue weighted by Crippen LogP contribution is 2.31. The van der Waals surface area contributed by atoms with E-state index in [1.165, 1.54) is 12.1 Å². The molecule has 0 unspecified atom stereocenters. The van der Waals surface area contributed by atoms with Gasteiger partial charge in [0, 0.05) is 24.1 Å². The standard InChI is InChI=1S/C29H27FN4O3/c1-2-3-8-26-31-27(21-13-15-22(30)16-14-21)25(18-35)34(26)17-19-9-11-20(12-10-19)23-6-4-5-7-24(23)28-32-29(36)37-33-28/h4-7,9-16,35H,2-3,8,17-18H2,1H3,(H,32,33,36). The van der Waals surface area contributed by atoms with Crippen molar-refractivity contribution in [1.82, 2.24) is 19.7 Å². The molecular formula is C29H27FN4O3. The summed E-state index contributed by atoms with van der Waals surface area (Å²) in [7, 11) is 0. The molecule has 5 rings (SSSR count). The van der Waals surface area contributed by atoms with Gasteiger partial charge in [0.05, 0.1) is 18.0 Å². The smallest absolute Gasteiger partial charge is 0.390 e. The van der Waals surface area contributed by atoms with Crippen molar-refractivity contribution in [1.29, 1.82) is 0 Å². The number of unbranched alkanes of at least 4 members (excludes halogenated alkanes) is 1. The van der Waals surface area contributed by atoms with Crippen LogP contribution in [0.2, 0.25) is 0 Å². The molecule has 2 N–H and O–H groups in total. The quantitative estimate of drug-likeness (QED) is 0.276. The molecule has 0 fully saturated rings. The third-order valence-electron chi connectivity index (χ3n) is 6.40. The van der Waals surface area contributed by atoms with Gasteiger partial charge >= 0.3 is 5.76 Å². The van der Waals surface area contributed by atoms with E-state index in [1.54, 1.807) is 12.1 Å². The van der Waals surface area contributed by atoms with Gasteiger partial charge in [-0.3, -0.25) is 9.51 Å². The third kappa shape index (κ3) is 5.15. The van der Waals surface area contributed by atoms with E-state index in [1.807, 2.05) is 48.5 Å². The number of H-pyrrole nitrogens is 1. The average molecular weight is 499 g/mol. The summed E-state index contributed by atoms with van der Waals surface area (Å²) in [5.74, 6) is 0.370. The van der Waals surface area contributed by atoms with E-state index in [0.717, 1.165) is 52.9 Å². The van der Waals surface area contributed by atoms with Crippen LogP contribution >= 0.6 is 0 Å². The number of halogens is 1. The van der Waals surface area contributed by atoms with E-state index in [-0.39, 0.29) is 12.4 Å². The summed E-state index contributed by atoms with van der Waals surface area (Å²) in [5, 5.41) is 14.1. The van der Waals surface area contributed by atoms with Crippen molar-refractivity contribution < 1.29 is 14.0 Å². The average Bonchev–Trinajstić information content (AvgIpc) is 3.51. The molecule has 0 aliphatic heterocycles. The first-order valence-corrected chi connectivity index (χ1v) is 12.3. The Bertz CT molecular complexity index is 1550. The van der Waals surface area contributed by atoms with Crippen LogP contribution in [0.4, 0.5) is 4.39 Å². The highest BCUT2D eigenvalue weighted by atomic mass is 19.1. The fraction of sp³-hybridized carbons (Fsp3) is 0.207. The van der Waals surface area contributed by atoms with Crippen molar-refractivity contribution in [3.05, 3.63) is 106 Å². The number of aliphatic hydroxyl groups excluding tert-OH is 1. The van der Waals surface area contributed by atoms with Gasteiger partial charge in [-0.25, -0.2) is 14.2 Å². The Balaban J connectivity index is 1.48. The number of benzene rings is 3. The van der Waals surface area contributed by atoms with Gasteiger partial charge in [0.15, 0.2) is 5.82 Å². The zero-order chi connectivity index (χ0) is 25.8.